The van der Waals surface area contributed by atoms with Crippen molar-refractivity contribution in [3.63, 3.8) is 0 Å². The van der Waals surface area contributed by atoms with Crippen LogP contribution in [0, 0.1) is 0 Å². The van der Waals surface area contributed by atoms with Crippen LogP contribution in [0.4, 0.5) is 4.79 Å². The summed E-state index contributed by atoms with van der Waals surface area (Å²) < 4.78 is 5.71. The maximum atomic E-state index is 13.1. The molecular weight excluding hydrogens is 292 g/mol. The van der Waals surface area contributed by atoms with Gasteiger partial charge in [-0.25, -0.2) is 4.79 Å². The Bertz CT molecular complexity index is 639. The Balaban J connectivity index is 1.62. The smallest absolute Gasteiger partial charge is 0.325 e. The Morgan fingerprint density at radius 1 is 1.22 bits per heavy atom. The number of fused-ring (bicyclic) bond motifs is 2. The molecule has 122 valence electrons. The fourth-order valence-corrected chi connectivity index (χ4v) is 4.13. The van der Waals surface area contributed by atoms with Crippen LogP contribution in [0.25, 0.3) is 0 Å². The number of amides is 3. The lowest BCUT2D eigenvalue weighted by Crippen LogP contribution is -2.47. The molecule has 1 aromatic carbocycles. The van der Waals surface area contributed by atoms with Gasteiger partial charge in [-0.1, -0.05) is 24.3 Å². The largest absolute Gasteiger partial charge is 0.376 e. The number of carbonyl (C=O) groups is 2. The third kappa shape index (κ3) is 2.34. The molecule has 0 radical (unpaired) electrons. The quantitative estimate of drug-likeness (QED) is 0.853. The Hall–Kier alpha value is -1.88. The first kappa shape index (κ1) is 14.7. The second-order valence-electron chi connectivity index (χ2n) is 6.75. The van der Waals surface area contributed by atoms with E-state index in [2.05, 4.69) is 11.4 Å². The van der Waals surface area contributed by atoms with Gasteiger partial charge in [-0.2, -0.15) is 0 Å². The molecule has 2 fully saturated rings. The summed E-state index contributed by atoms with van der Waals surface area (Å²) in [7, 11) is 0. The molecule has 5 heteroatoms. The van der Waals surface area contributed by atoms with Crippen molar-refractivity contribution in [1.82, 2.24) is 10.2 Å². The monoisotopic (exact) mass is 314 g/mol. The van der Waals surface area contributed by atoms with Gasteiger partial charge in [0.15, 0.2) is 0 Å². The molecule has 23 heavy (non-hydrogen) atoms. The molecule has 0 unspecified atom stereocenters. The third-order valence-electron chi connectivity index (χ3n) is 5.31. The van der Waals surface area contributed by atoms with Gasteiger partial charge in [0.2, 0.25) is 0 Å². The Morgan fingerprint density at radius 3 is 2.91 bits per heavy atom. The summed E-state index contributed by atoms with van der Waals surface area (Å²) in [4.78, 5) is 27.0. The number of benzene rings is 1. The molecule has 2 saturated heterocycles. The average molecular weight is 314 g/mol. The molecular formula is C18H22N2O3. The van der Waals surface area contributed by atoms with Gasteiger partial charge in [0.1, 0.15) is 5.54 Å². The first-order valence-corrected chi connectivity index (χ1v) is 8.55. The lowest BCUT2D eigenvalue weighted by atomic mass is 9.76. The normalized spacial score (nSPS) is 30.4. The van der Waals surface area contributed by atoms with Gasteiger partial charge in [-0.05, 0) is 49.7 Å². The molecule has 1 aliphatic carbocycles. The molecule has 2 heterocycles. The predicted molar refractivity (Wildman–Crippen MR) is 84.9 cm³/mol. The zero-order valence-electron chi connectivity index (χ0n) is 13.2. The molecule has 5 nitrogen and oxygen atoms in total. The molecule has 0 bridgehead atoms. The second-order valence-corrected chi connectivity index (χ2v) is 6.75. The lowest BCUT2D eigenvalue weighted by molar-refractivity contribution is -0.134. The Morgan fingerprint density at radius 2 is 2.09 bits per heavy atom. The highest BCUT2D eigenvalue weighted by Crippen LogP contribution is 2.40. The van der Waals surface area contributed by atoms with E-state index >= 15 is 0 Å². The summed E-state index contributed by atoms with van der Waals surface area (Å²) >= 11 is 0. The minimum Gasteiger partial charge on any atom is -0.376 e. The van der Waals surface area contributed by atoms with Crippen LogP contribution < -0.4 is 5.32 Å². The van der Waals surface area contributed by atoms with Crippen molar-refractivity contribution >= 4 is 11.9 Å². The Labute approximate surface area is 136 Å². The van der Waals surface area contributed by atoms with E-state index in [0.717, 1.165) is 44.3 Å². The molecule has 1 aromatic rings. The summed E-state index contributed by atoms with van der Waals surface area (Å²) in [5.74, 6) is -0.108. The summed E-state index contributed by atoms with van der Waals surface area (Å²) in [6, 6.07) is 7.70. The fraction of sp³-hybridized carbons (Fsp3) is 0.556. The highest BCUT2D eigenvalue weighted by molar-refractivity contribution is 6.07. The van der Waals surface area contributed by atoms with E-state index in [9.17, 15) is 9.59 Å². The van der Waals surface area contributed by atoms with Gasteiger partial charge >= 0.3 is 6.03 Å². The van der Waals surface area contributed by atoms with Crippen LogP contribution in [0.15, 0.2) is 24.3 Å². The van der Waals surface area contributed by atoms with Crippen molar-refractivity contribution in [3.8, 4) is 0 Å². The van der Waals surface area contributed by atoms with E-state index < -0.39 is 5.54 Å². The summed E-state index contributed by atoms with van der Waals surface area (Å²) in [5.41, 5.74) is 1.28. The molecule has 0 saturated carbocycles. The van der Waals surface area contributed by atoms with E-state index in [1.807, 2.05) is 18.2 Å². The second kappa shape index (κ2) is 5.64. The maximum Gasteiger partial charge on any atom is 0.325 e. The zero-order chi connectivity index (χ0) is 15.9. The number of hydrogen-bond donors (Lipinski definition) is 1. The van der Waals surface area contributed by atoms with Gasteiger partial charge < -0.3 is 10.1 Å². The molecule has 2 aliphatic heterocycles. The minimum absolute atomic E-state index is 0.0209. The highest BCUT2D eigenvalue weighted by Gasteiger charge is 2.54. The maximum absolute atomic E-state index is 13.1. The van der Waals surface area contributed by atoms with Crippen LogP contribution >= 0.6 is 0 Å². The Kier molecular flexibility index (Phi) is 3.60. The van der Waals surface area contributed by atoms with Crippen LogP contribution in [-0.4, -0.2) is 36.1 Å². The number of nitrogens with one attached hydrogen (secondary N) is 1. The topological polar surface area (TPSA) is 58.6 Å². The van der Waals surface area contributed by atoms with Crippen molar-refractivity contribution < 1.29 is 14.3 Å². The first-order chi connectivity index (χ1) is 11.2. The summed E-state index contributed by atoms with van der Waals surface area (Å²) in [5, 5.41) is 3.00. The molecule has 2 atom stereocenters. The molecule has 1 spiro atoms. The van der Waals surface area contributed by atoms with E-state index in [0.29, 0.717) is 13.0 Å². The van der Waals surface area contributed by atoms with Crippen molar-refractivity contribution in [2.75, 3.05) is 13.2 Å². The summed E-state index contributed by atoms with van der Waals surface area (Å²) in [6.45, 7) is 1.09. The number of aryl methyl sites for hydroxylation is 1. The number of ether oxygens (including phenoxy) is 1. The van der Waals surface area contributed by atoms with E-state index in [-0.39, 0.29) is 18.0 Å². The van der Waals surface area contributed by atoms with Crippen LogP contribution in [0.5, 0.6) is 0 Å². The van der Waals surface area contributed by atoms with Crippen molar-refractivity contribution in [1.29, 1.82) is 0 Å². The van der Waals surface area contributed by atoms with Crippen LogP contribution in [0.1, 0.15) is 43.2 Å². The molecule has 4 rings (SSSR count). The molecule has 3 amide bonds. The molecule has 0 aromatic heterocycles. The SMILES string of the molecule is O=C1N[C@@]2(CCCc3ccccc32)C(=O)N1C[C@@H]1CCCCO1. The van der Waals surface area contributed by atoms with Crippen molar-refractivity contribution in [3.05, 3.63) is 35.4 Å². The van der Waals surface area contributed by atoms with Gasteiger partial charge in [0, 0.05) is 6.61 Å². The third-order valence-corrected chi connectivity index (χ3v) is 5.31. The average Bonchev–Trinajstić information content (AvgIpc) is 2.81. The lowest BCUT2D eigenvalue weighted by Gasteiger charge is -2.33. The van der Waals surface area contributed by atoms with E-state index in [1.54, 1.807) is 0 Å². The predicted octanol–water partition coefficient (Wildman–Crippen LogP) is 2.34. The number of nitrogens with zero attached hydrogens (tertiary/aromatic N) is 1. The standard InChI is InChI=1S/C18H22N2O3/c21-16-18(10-5-7-13-6-1-2-9-15(13)18)19-17(22)20(16)12-14-8-3-4-11-23-14/h1-2,6,9,14H,3-5,7-8,10-12H2,(H,19,22)/t14-,18+/m0/s1. The number of urea groups is 1. The van der Waals surface area contributed by atoms with E-state index in [4.69, 9.17) is 4.74 Å². The first-order valence-electron chi connectivity index (χ1n) is 8.55. The van der Waals surface area contributed by atoms with Gasteiger partial charge in [-0.3, -0.25) is 9.69 Å². The van der Waals surface area contributed by atoms with Crippen LogP contribution in [0.2, 0.25) is 0 Å². The number of carbonyl (C=O) groups excluding carboxylic acids is 2. The minimum atomic E-state index is -0.861. The van der Waals surface area contributed by atoms with Crippen LogP contribution in [-0.2, 0) is 21.5 Å². The fourth-order valence-electron chi connectivity index (χ4n) is 4.13. The van der Waals surface area contributed by atoms with Crippen LogP contribution in [0.3, 0.4) is 0 Å². The zero-order valence-corrected chi connectivity index (χ0v) is 13.2. The van der Waals surface area contributed by atoms with Gasteiger partial charge in [0.25, 0.3) is 5.91 Å². The number of rotatable bonds is 2. The van der Waals surface area contributed by atoms with Crippen molar-refractivity contribution in [2.45, 2.75) is 50.2 Å². The summed E-state index contributed by atoms with van der Waals surface area (Å²) in [6.07, 6.45) is 5.62. The van der Waals surface area contributed by atoms with Crippen molar-refractivity contribution in [2.24, 2.45) is 0 Å². The molecule has 3 aliphatic rings. The van der Waals surface area contributed by atoms with E-state index in [1.165, 1.54) is 10.5 Å². The highest BCUT2D eigenvalue weighted by atomic mass is 16.5. The van der Waals surface area contributed by atoms with Gasteiger partial charge in [-0.15, -0.1) is 0 Å². The number of imide groups is 1. The van der Waals surface area contributed by atoms with Gasteiger partial charge in [0.05, 0.1) is 12.6 Å². The number of hydrogen-bond acceptors (Lipinski definition) is 3. The molecule has 1 N–H and O–H groups in total.